The number of phosphoric acid groups is 1. The Hall–Kier alpha value is -3.63. The highest BCUT2D eigenvalue weighted by molar-refractivity contribution is 7.46. The van der Waals surface area contributed by atoms with E-state index < -0.39 is 51.3 Å². The molecule has 0 rings (SSSR count). The van der Waals surface area contributed by atoms with Crippen molar-refractivity contribution in [1.82, 2.24) is 0 Å². The number of ether oxygens (including phenoxy) is 2. The highest BCUT2D eigenvalue weighted by Gasteiger charge is 2.22. The standard InChI is InChI=1S/C47H73O10P/c1-3-5-7-8-9-10-11-12-13-14-15-16-17-18-19-20-24-27-33-40-47(51)57-45(42-56-58(52,53)54)41-55-46(50)39-34-28-32-38-44(49)37-31-26-23-21-22-25-30-36-43(48)35-29-6-4-2/h6,9-10,12-13,15-16,18-19,22-23,25-26,29-32,36-38,43-45,48-49H,3-5,7-8,11,14,17,20-21,24,27-28,33-35,39-42H2,1-2H3,(H2,52,53,54)/b10-9-,13-12-,16-15-,19-18-,25-22-,26-23-,29-6-,36-30+,37-31+,38-32-/t43-,44-,45-/m1/s1. The van der Waals surface area contributed by atoms with Crippen LogP contribution in [-0.2, 0) is 28.2 Å². The molecule has 0 aromatic carbocycles. The molecule has 58 heavy (non-hydrogen) atoms. The SMILES string of the molecule is CC/C=C\C[C@@H](O)/C=C/C=C\C/C=C\C=C\[C@@H](O)/C=C\CCCC(=O)OC[C@H](COP(=O)(O)O)OC(=O)CCCCC/C=C\C/C=C\C/C=C\C/C=C\CCCCC. The van der Waals surface area contributed by atoms with Gasteiger partial charge in [0.1, 0.15) is 6.61 Å². The summed E-state index contributed by atoms with van der Waals surface area (Å²) in [5.74, 6) is -1.12. The van der Waals surface area contributed by atoms with Crippen LogP contribution in [0.25, 0.3) is 0 Å². The molecule has 0 bridgehead atoms. The van der Waals surface area contributed by atoms with E-state index in [1.54, 1.807) is 30.4 Å². The van der Waals surface area contributed by atoms with E-state index in [-0.39, 0.29) is 12.8 Å². The third-order valence-corrected chi connectivity index (χ3v) is 8.62. The van der Waals surface area contributed by atoms with Crippen LogP contribution < -0.4 is 0 Å². The Labute approximate surface area is 349 Å². The second-order valence-corrected chi connectivity index (χ2v) is 14.9. The van der Waals surface area contributed by atoms with Crippen molar-refractivity contribution in [1.29, 1.82) is 0 Å². The number of allylic oxidation sites excluding steroid dienone is 16. The molecule has 4 N–H and O–H groups in total. The first kappa shape index (κ1) is 54.4. The first-order valence-corrected chi connectivity index (χ1v) is 22.6. The van der Waals surface area contributed by atoms with Crippen LogP contribution in [-0.4, -0.2) is 63.5 Å². The molecular weight excluding hydrogens is 755 g/mol. The average molecular weight is 829 g/mol. The van der Waals surface area contributed by atoms with Crippen molar-refractivity contribution in [3.8, 4) is 0 Å². The van der Waals surface area contributed by atoms with Gasteiger partial charge in [0, 0.05) is 12.8 Å². The maximum Gasteiger partial charge on any atom is 0.469 e. The molecule has 11 heteroatoms. The summed E-state index contributed by atoms with van der Waals surface area (Å²) in [6, 6.07) is 0. The Kier molecular flexibility index (Phi) is 37.6. The number of aliphatic hydroxyl groups is 2. The van der Waals surface area contributed by atoms with Gasteiger partial charge in [-0.3, -0.25) is 14.1 Å². The first-order chi connectivity index (χ1) is 28.1. The summed E-state index contributed by atoms with van der Waals surface area (Å²) in [7, 11) is -4.82. The molecule has 0 unspecified atom stereocenters. The number of aliphatic hydroxyl groups excluding tert-OH is 2. The zero-order chi connectivity index (χ0) is 42.8. The monoisotopic (exact) mass is 828 g/mol. The molecule has 0 aliphatic carbocycles. The summed E-state index contributed by atoms with van der Waals surface area (Å²) in [6.07, 6.45) is 51.3. The Morgan fingerprint density at radius 2 is 1.14 bits per heavy atom. The fourth-order valence-corrected chi connectivity index (χ4v) is 5.34. The minimum Gasteiger partial charge on any atom is -0.462 e. The average Bonchev–Trinajstić information content (AvgIpc) is 3.18. The van der Waals surface area contributed by atoms with Crippen molar-refractivity contribution in [2.24, 2.45) is 0 Å². The lowest BCUT2D eigenvalue weighted by Crippen LogP contribution is -2.29. The van der Waals surface area contributed by atoms with Gasteiger partial charge in [0.2, 0.25) is 0 Å². The molecule has 0 aromatic rings. The minimum atomic E-state index is -4.82. The van der Waals surface area contributed by atoms with Crippen molar-refractivity contribution in [3.63, 3.8) is 0 Å². The third-order valence-electron chi connectivity index (χ3n) is 8.14. The predicted octanol–water partition coefficient (Wildman–Crippen LogP) is 10.9. The molecule has 0 amide bonds. The van der Waals surface area contributed by atoms with Crippen LogP contribution in [0.3, 0.4) is 0 Å². The van der Waals surface area contributed by atoms with E-state index in [4.69, 9.17) is 19.3 Å². The number of phosphoric ester groups is 1. The van der Waals surface area contributed by atoms with Gasteiger partial charge in [-0.15, -0.1) is 0 Å². The molecule has 0 aromatic heterocycles. The summed E-state index contributed by atoms with van der Waals surface area (Å²) in [5, 5.41) is 19.9. The molecule has 0 radical (unpaired) electrons. The van der Waals surface area contributed by atoms with E-state index in [1.807, 2.05) is 42.5 Å². The Bertz CT molecular complexity index is 1380. The molecule has 0 fully saturated rings. The summed E-state index contributed by atoms with van der Waals surface area (Å²) < 4.78 is 26.2. The maximum atomic E-state index is 12.4. The number of rotatable bonds is 36. The zero-order valence-corrected chi connectivity index (χ0v) is 36.0. The van der Waals surface area contributed by atoms with Gasteiger partial charge >= 0.3 is 19.8 Å². The van der Waals surface area contributed by atoms with Gasteiger partial charge in [0.25, 0.3) is 0 Å². The lowest BCUT2D eigenvalue weighted by atomic mass is 10.1. The normalized spacial score (nSPS) is 14.8. The molecule has 0 spiro atoms. The van der Waals surface area contributed by atoms with E-state index in [1.165, 1.54) is 25.7 Å². The minimum absolute atomic E-state index is 0.0655. The molecule has 0 saturated carbocycles. The Morgan fingerprint density at radius 1 is 0.569 bits per heavy atom. The molecule has 0 heterocycles. The molecule has 10 nitrogen and oxygen atoms in total. The van der Waals surface area contributed by atoms with Crippen LogP contribution in [0.4, 0.5) is 0 Å². The van der Waals surface area contributed by atoms with Crippen molar-refractivity contribution < 1.29 is 48.2 Å². The Morgan fingerprint density at radius 3 is 1.76 bits per heavy atom. The molecule has 326 valence electrons. The van der Waals surface area contributed by atoms with E-state index in [9.17, 15) is 24.4 Å². The summed E-state index contributed by atoms with van der Waals surface area (Å²) in [6.45, 7) is 3.26. The quantitative estimate of drug-likeness (QED) is 0.0157. The first-order valence-electron chi connectivity index (χ1n) is 21.1. The summed E-state index contributed by atoms with van der Waals surface area (Å²) in [4.78, 5) is 42.9. The second kappa shape index (κ2) is 40.2. The van der Waals surface area contributed by atoms with Gasteiger partial charge < -0.3 is 29.5 Å². The largest absolute Gasteiger partial charge is 0.469 e. The van der Waals surface area contributed by atoms with Crippen LogP contribution in [0.15, 0.2) is 122 Å². The number of esters is 2. The predicted molar refractivity (Wildman–Crippen MR) is 237 cm³/mol. The molecule has 0 saturated heterocycles. The van der Waals surface area contributed by atoms with Gasteiger partial charge in [-0.25, -0.2) is 4.57 Å². The fraction of sp³-hybridized carbons (Fsp3) is 0.532. The van der Waals surface area contributed by atoms with Crippen molar-refractivity contribution in [2.75, 3.05) is 13.2 Å². The van der Waals surface area contributed by atoms with Crippen molar-refractivity contribution >= 4 is 19.8 Å². The Balaban J connectivity index is 4.27. The molecular formula is C47H73O10P. The van der Waals surface area contributed by atoms with Crippen molar-refractivity contribution in [3.05, 3.63) is 122 Å². The number of carbonyl (C=O) groups is 2. The third kappa shape index (κ3) is 42.0. The zero-order valence-electron chi connectivity index (χ0n) is 35.1. The smallest absolute Gasteiger partial charge is 0.462 e. The lowest BCUT2D eigenvalue weighted by Gasteiger charge is -2.18. The number of unbranched alkanes of at least 4 members (excludes halogenated alkanes) is 7. The molecule has 3 atom stereocenters. The number of hydrogen-bond donors (Lipinski definition) is 4. The summed E-state index contributed by atoms with van der Waals surface area (Å²) in [5.41, 5.74) is 0. The topological polar surface area (TPSA) is 160 Å². The number of hydrogen-bond acceptors (Lipinski definition) is 8. The van der Waals surface area contributed by atoms with Gasteiger partial charge in [0.05, 0.1) is 18.8 Å². The number of carbonyl (C=O) groups excluding carboxylic acids is 2. The van der Waals surface area contributed by atoms with Crippen LogP contribution in [0.2, 0.25) is 0 Å². The van der Waals surface area contributed by atoms with Crippen LogP contribution in [0.5, 0.6) is 0 Å². The van der Waals surface area contributed by atoms with E-state index >= 15 is 0 Å². The van der Waals surface area contributed by atoms with Gasteiger partial charge in [-0.2, -0.15) is 0 Å². The van der Waals surface area contributed by atoms with Crippen LogP contribution >= 0.6 is 7.82 Å². The van der Waals surface area contributed by atoms with E-state index in [2.05, 4.69) is 67.0 Å². The highest BCUT2D eigenvalue weighted by atomic mass is 31.2. The van der Waals surface area contributed by atoms with Crippen LogP contribution in [0.1, 0.15) is 129 Å². The fourth-order valence-electron chi connectivity index (χ4n) is 4.98. The molecule has 0 aliphatic rings. The van der Waals surface area contributed by atoms with E-state index in [0.717, 1.165) is 44.9 Å². The lowest BCUT2D eigenvalue weighted by molar-refractivity contribution is -0.161. The van der Waals surface area contributed by atoms with Gasteiger partial charge in [0.15, 0.2) is 6.10 Å². The van der Waals surface area contributed by atoms with Crippen molar-refractivity contribution in [2.45, 2.75) is 148 Å². The van der Waals surface area contributed by atoms with Crippen LogP contribution in [0, 0.1) is 0 Å². The highest BCUT2D eigenvalue weighted by Crippen LogP contribution is 2.36. The molecule has 0 aliphatic heterocycles. The van der Waals surface area contributed by atoms with Gasteiger partial charge in [-0.05, 0) is 83.5 Å². The van der Waals surface area contributed by atoms with Gasteiger partial charge in [-0.1, -0.05) is 155 Å². The van der Waals surface area contributed by atoms with E-state index in [0.29, 0.717) is 32.1 Å². The maximum absolute atomic E-state index is 12.4. The second-order valence-electron chi connectivity index (χ2n) is 13.6. The summed E-state index contributed by atoms with van der Waals surface area (Å²) >= 11 is 0.